The van der Waals surface area contributed by atoms with E-state index in [1.165, 1.54) is 11.1 Å². The van der Waals surface area contributed by atoms with Crippen molar-refractivity contribution in [3.63, 3.8) is 0 Å². The van der Waals surface area contributed by atoms with Crippen molar-refractivity contribution in [2.24, 2.45) is 5.73 Å². The van der Waals surface area contributed by atoms with Crippen LogP contribution in [-0.2, 0) is 6.54 Å². The molecule has 128 valence electrons. The van der Waals surface area contributed by atoms with Gasteiger partial charge in [-0.3, -0.25) is 4.90 Å². The lowest BCUT2D eigenvalue weighted by Gasteiger charge is -2.29. The van der Waals surface area contributed by atoms with Gasteiger partial charge >= 0.3 is 0 Å². The van der Waals surface area contributed by atoms with Crippen LogP contribution in [0.3, 0.4) is 0 Å². The zero-order valence-corrected chi connectivity index (χ0v) is 14.3. The molecule has 0 amide bonds. The van der Waals surface area contributed by atoms with E-state index in [0.717, 1.165) is 37.6 Å². The van der Waals surface area contributed by atoms with E-state index in [9.17, 15) is 0 Å². The van der Waals surface area contributed by atoms with Crippen LogP contribution in [0.1, 0.15) is 30.5 Å². The molecule has 1 heterocycles. The molecular formula is C20H26N2O2. The number of benzene rings is 2. The summed E-state index contributed by atoms with van der Waals surface area (Å²) in [5.41, 5.74) is 8.37. The molecule has 1 aliphatic heterocycles. The van der Waals surface area contributed by atoms with Crippen LogP contribution in [0.5, 0.6) is 11.5 Å². The van der Waals surface area contributed by atoms with E-state index in [1.807, 2.05) is 12.1 Å². The maximum Gasteiger partial charge on any atom is 0.161 e. The zero-order valence-electron chi connectivity index (χ0n) is 14.3. The molecule has 0 spiro atoms. The van der Waals surface area contributed by atoms with Gasteiger partial charge in [0.25, 0.3) is 0 Å². The Morgan fingerprint density at radius 2 is 1.79 bits per heavy atom. The minimum Gasteiger partial charge on any atom is -0.490 e. The van der Waals surface area contributed by atoms with Crippen molar-refractivity contribution in [1.82, 2.24) is 4.90 Å². The monoisotopic (exact) mass is 326 g/mol. The third-order valence-electron chi connectivity index (χ3n) is 4.45. The average Bonchev–Trinajstić information content (AvgIpc) is 2.86. The molecule has 2 aromatic rings. The van der Waals surface area contributed by atoms with Gasteiger partial charge < -0.3 is 15.2 Å². The second-order valence-corrected chi connectivity index (χ2v) is 6.18. The summed E-state index contributed by atoms with van der Waals surface area (Å²) in [6.07, 6.45) is 0.923. The number of ether oxygens (including phenoxy) is 2. The van der Waals surface area contributed by atoms with Crippen LogP contribution in [0.25, 0.3) is 0 Å². The van der Waals surface area contributed by atoms with Gasteiger partial charge in [-0.2, -0.15) is 0 Å². The van der Waals surface area contributed by atoms with Gasteiger partial charge in [-0.25, -0.2) is 0 Å². The normalized spacial score (nSPS) is 15.1. The highest BCUT2D eigenvalue weighted by Crippen LogP contribution is 2.34. The van der Waals surface area contributed by atoms with Crippen LogP contribution < -0.4 is 15.2 Å². The number of nitrogens with two attached hydrogens (primary N) is 1. The molecule has 0 radical (unpaired) electrons. The Hall–Kier alpha value is -2.04. The highest BCUT2D eigenvalue weighted by molar-refractivity contribution is 5.44. The lowest BCUT2D eigenvalue weighted by molar-refractivity contribution is 0.207. The van der Waals surface area contributed by atoms with Gasteiger partial charge in [-0.15, -0.1) is 0 Å². The molecule has 2 N–H and O–H groups in total. The van der Waals surface area contributed by atoms with Gasteiger partial charge in [0.2, 0.25) is 0 Å². The molecule has 0 saturated heterocycles. The van der Waals surface area contributed by atoms with Crippen molar-refractivity contribution in [2.75, 3.05) is 26.3 Å². The third kappa shape index (κ3) is 4.08. The molecule has 4 nitrogen and oxygen atoms in total. The third-order valence-corrected chi connectivity index (χ3v) is 4.45. The van der Waals surface area contributed by atoms with Crippen LogP contribution in [0.4, 0.5) is 0 Å². The van der Waals surface area contributed by atoms with Gasteiger partial charge in [0.1, 0.15) is 0 Å². The maximum absolute atomic E-state index is 5.84. The quantitative estimate of drug-likeness (QED) is 0.884. The molecule has 0 fully saturated rings. The first-order chi connectivity index (χ1) is 11.8. The fraction of sp³-hybridized carbons (Fsp3) is 0.400. The fourth-order valence-corrected chi connectivity index (χ4v) is 3.04. The van der Waals surface area contributed by atoms with Crippen LogP contribution in [0.2, 0.25) is 0 Å². The van der Waals surface area contributed by atoms with Gasteiger partial charge in [-0.05, 0) is 30.2 Å². The van der Waals surface area contributed by atoms with Gasteiger partial charge in [0.05, 0.1) is 13.2 Å². The van der Waals surface area contributed by atoms with Crippen LogP contribution in [-0.4, -0.2) is 31.2 Å². The summed E-state index contributed by atoms with van der Waals surface area (Å²) < 4.78 is 11.6. The van der Waals surface area contributed by atoms with Gasteiger partial charge in [-0.1, -0.05) is 36.4 Å². The first-order valence-corrected chi connectivity index (χ1v) is 8.65. The molecule has 1 atom stereocenters. The van der Waals surface area contributed by atoms with E-state index < -0.39 is 0 Å². The van der Waals surface area contributed by atoms with E-state index in [2.05, 4.69) is 48.2 Å². The smallest absolute Gasteiger partial charge is 0.161 e. The van der Waals surface area contributed by atoms with Gasteiger partial charge in [0.15, 0.2) is 11.5 Å². The molecular weight excluding hydrogens is 300 g/mol. The Bertz CT molecular complexity index is 645. The summed E-state index contributed by atoms with van der Waals surface area (Å²) in [7, 11) is 0. The van der Waals surface area contributed by atoms with E-state index in [4.69, 9.17) is 15.2 Å². The van der Waals surface area contributed by atoms with E-state index in [-0.39, 0.29) is 6.04 Å². The second-order valence-electron chi connectivity index (χ2n) is 6.18. The molecule has 2 aromatic carbocycles. The van der Waals surface area contributed by atoms with Gasteiger partial charge in [0, 0.05) is 32.1 Å². The Labute approximate surface area is 144 Å². The molecule has 0 aromatic heterocycles. The number of rotatable bonds is 6. The molecule has 3 rings (SSSR count). The Morgan fingerprint density at radius 3 is 2.54 bits per heavy atom. The lowest BCUT2D eigenvalue weighted by atomic mass is 10.0. The number of hydrogen-bond donors (Lipinski definition) is 1. The van der Waals surface area contributed by atoms with Crippen molar-refractivity contribution < 1.29 is 9.47 Å². The number of nitrogens with zero attached hydrogens (tertiary/aromatic N) is 1. The summed E-state index contributed by atoms with van der Waals surface area (Å²) in [5, 5.41) is 0. The molecule has 0 aliphatic carbocycles. The summed E-state index contributed by atoms with van der Waals surface area (Å²) in [6.45, 7) is 6.02. The molecule has 0 bridgehead atoms. The second kappa shape index (κ2) is 8.18. The minimum absolute atomic E-state index is 0.255. The number of hydrogen-bond acceptors (Lipinski definition) is 4. The van der Waals surface area contributed by atoms with Crippen molar-refractivity contribution in [3.8, 4) is 11.5 Å². The summed E-state index contributed by atoms with van der Waals surface area (Å²) in [4.78, 5) is 2.40. The average molecular weight is 326 g/mol. The molecule has 1 unspecified atom stereocenters. The van der Waals surface area contributed by atoms with Crippen molar-refractivity contribution in [3.05, 3.63) is 59.7 Å². The Morgan fingerprint density at radius 1 is 1.04 bits per heavy atom. The van der Waals surface area contributed by atoms with E-state index in [1.54, 1.807) is 0 Å². The van der Waals surface area contributed by atoms with E-state index in [0.29, 0.717) is 13.2 Å². The Balaban J connectivity index is 1.79. The number of fused-ring (bicyclic) bond motifs is 1. The van der Waals surface area contributed by atoms with Crippen LogP contribution in [0, 0.1) is 0 Å². The summed E-state index contributed by atoms with van der Waals surface area (Å²) >= 11 is 0. The first kappa shape index (κ1) is 16.8. The van der Waals surface area contributed by atoms with Crippen LogP contribution >= 0.6 is 0 Å². The highest BCUT2D eigenvalue weighted by Gasteiger charge is 2.18. The largest absolute Gasteiger partial charge is 0.490 e. The molecule has 24 heavy (non-hydrogen) atoms. The first-order valence-electron chi connectivity index (χ1n) is 8.65. The topological polar surface area (TPSA) is 47.7 Å². The minimum atomic E-state index is 0.255. The van der Waals surface area contributed by atoms with Crippen LogP contribution in [0.15, 0.2) is 48.5 Å². The standard InChI is InChI=1S/C20H26N2O2/c1-16(22(11-10-21)15-17-6-3-2-4-7-17)18-8-9-19-20(14-18)24-13-5-12-23-19/h2-4,6-9,14,16H,5,10-13,15,21H2,1H3. The predicted octanol–water partition coefficient (Wildman–Crippen LogP) is 3.37. The summed E-state index contributed by atoms with van der Waals surface area (Å²) in [5.74, 6) is 1.70. The molecule has 0 saturated carbocycles. The zero-order chi connectivity index (χ0) is 16.8. The maximum atomic E-state index is 5.84. The van der Waals surface area contributed by atoms with Crippen molar-refractivity contribution in [2.45, 2.75) is 25.9 Å². The lowest BCUT2D eigenvalue weighted by Crippen LogP contribution is -2.31. The van der Waals surface area contributed by atoms with E-state index >= 15 is 0 Å². The fourth-order valence-electron chi connectivity index (χ4n) is 3.04. The van der Waals surface area contributed by atoms with Crippen molar-refractivity contribution >= 4 is 0 Å². The molecule has 4 heteroatoms. The van der Waals surface area contributed by atoms with Crippen molar-refractivity contribution in [1.29, 1.82) is 0 Å². The predicted molar refractivity (Wildman–Crippen MR) is 96.4 cm³/mol. The summed E-state index contributed by atoms with van der Waals surface area (Å²) in [6, 6.07) is 17.0. The SMILES string of the molecule is CC(c1ccc2c(c1)OCCCO2)N(CCN)Cc1ccccc1. The highest BCUT2D eigenvalue weighted by atomic mass is 16.5. The Kier molecular flexibility index (Phi) is 5.72. The molecule has 1 aliphatic rings.